The topological polar surface area (TPSA) is 71.5 Å². The third-order valence-electron chi connectivity index (χ3n) is 2.61. The highest BCUT2D eigenvalue weighted by Crippen LogP contribution is 2.27. The summed E-state index contributed by atoms with van der Waals surface area (Å²) in [5.41, 5.74) is 1.00. The zero-order valence-electron chi connectivity index (χ0n) is 10.8. The molecule has 1 aromatic carbocycles. The monoisotopic (exact) mass is 326 g/mol. The van der Waals surface area contributed by atoms with Crippen molar-refractivity contribution < 1.29 is 14.6 Å². The van der Waals surface area contributed by atoms with E-state index < -0.39 is 5.91 Å². The van der Waals surface area contributed by atoms with Crippen molar-refractivity contribution in [2.75, 3.05) is 11.9 Å². The van der Waals surface area contributed by atoms with Crippen LogP contribution in [0.2, 0.25) is 10.0 Å². The summed E-state index contributed by atoms with van der Waals surface area (Å²) in [4.78, 5) is 15.7. The molecule has 2 rings (SSSR count). The number of halogens is 2. The van der Waals surface area contributed by atoms with Crippen LogP contribution in [0.15, 0.2) is 36.7 Å². The number of hydrogen-bond donors (Lipinski definition) is 2. The van der Waals surface area contributed by atoms with E-state index in [1.807, 2.05) is 0 Å². The Bertz CT molecular complexity index is 650. The van der Waals surface area contributed by atoms with Crippen molar-refractivity contribution in [3.63, 3.8) is 0 Å². The summed E-state index contributed by atoms with van der Waals surface area (Å²) in [5.74, 6) is -0.0679. The molecule has 0 saturated carbocycles. The minimum absolute atomic E-state index is 0.195. The molecule has 1 heterocycles. The van der Waals surface area contributed by atoms with Gasteiger partial charge in [-0.05, 0) is 18.2 Å². The van der Waals surface area contributed by atoms with Crippen molar-refractivity contribution in [1.29, 1.82) is 0 Å². The SMILES string of the molecule is O=C(COc1cc(Cl)ccc1Cl)Nc1cnccc1CO. The summed E-state index contributed by atoms with van der Waals surface area (Å²) >= 11 is 11.8. The van der Waals surface area contributed by atoms with Crippen molar-refractivity contribution in [1.82, 2.24) is 4.98 Å². The summed E-state index contributed by atoms with van der Waals surface area (Å²) in [6, 6.07) is 6.35. The van der Waals surface area contributed by atoms with E-state index in [0.717, 1.165) is 0 Å². The normalized spacial score (nSPS) is 10.2. The maximum Gasteiger partial charge on any atom is 0.262 e. The molecule has 0 bridgehead atoms. The molecule has 0 aliphatic heterocycles. The van der Waals surface area contributed by atoms with Crippen molar-refractivity contribution in [3.8, 4) is 5.75 Å². The largest absolute Gasteiger partial charge is 0.482 e. The second-order valence-corrected chi connectivity index (χ2v) is 4.95. The highest BCUT2D eigenvalue weighted by Gasteiger charge is 2.09. The standard InChI is InChI=1S/C14H12Cl2N2O3/c15-10-1-2-11(16)13(5-10)21-8-14(20)18-12-6-17-4-3-9(12)7-19/h1-6,19H,7-8H2,(H,18,20). The van der Waals surface area contributed by atoms with Gasteiger partial charge in [0, 0.05) is 22.8 Å². The number of carbonyl (C=O) groups is 1. The molecule has 2 N–H and O–H groups in total. The summed E-state index contributed by atoms with van der Waals surface area (Å²) in [6.45, 7) is -0.432. The van der Waals surface area contributed by atoms with Crippen LogP contribution in [0.3, 0.4) is 0 Å². The third kappa shape index (κ3) is 4.32. The van der Waals surface area contributed by atoms with Gasteiger partial charge in [0.05, 0.1) is 23.5 Å². The molecule has 110 valence electrons. The lowest BCUT2D eigenvalue weighted by Gasteiger charge is -2.10. The number of amides is 1. The van der Waals surface area contributed by atoms with Gasteiger partial charge < -0.3 is 15.2 Å². The zero-order valence-corrected chi connectivity index (χ0v) is 12.4. The van der Waals surface area contributed by atoms with Crippen LogP contribution < -0.4 is 10.1 Å². The lowest BCUT2D eigenvalue weighted by atomic mass is 10.2. The molecule has 2 aromatic rings. The summed E-state index contributed by atoms with van der Waals surface area (Å²) < 4.78 is 5.31. The second kappa shape index (κ2) is 7.26. The molecule has 1 aromatic heterocycles. The summed E-state index contributed by atoms with van der Waals surface area (Å²) in [6.07, 6.45) is 2.99. The molecular formula is C14H12Cl2N2O3. The summed E-state index contributed by atoms with van der Waals surface area (Å²) in [7, 11) is 0. The Morgan fingerprint density at radius 2 is 2.14 bits per heavy atom. The molecule has 0 radical (unpaired) electrons. The van der Waals surface area contributed by atoms with Gasteiger partial charge in [-0.3, -0.25) is 9.78 Å². The Morgan fingerprint density at radius 3 is 2.90 bits per heavy atom. The van der Waals surface area contributed by atoms with E-state index in [9.17, 15) is 4.79 Å². The van der Waals surface area contributed by atoms with E-state index in [-0.39, 0.29) is 13.2 Å². The molecule has 0 saturated heterocycles. The number of ether oxygens (including phenoxy) is 1. The van der Waals surface area contributed by atoms with Gasteiger partial charge in [0.15, 0.2) is 6.61 Å². The molecule has 5 nitrogen and oxygen atoms in total. The fraction of sp³-hybridized carbons (Fsp3) is 0.143. The van der Waals surface area contributed by atoms with Crippen molar-refractivity contribution in [2.24, 2.45) is 0 Å². The fourth-order valence-electron chi connectivity index (χ4n) is 1.59. The van der Waals surface area contributed by atoms with Crippen LogP contribution in [-0.2, 0) is 11.4 Å². The van der Waals surface area contributed by atoms with Gasteiger partial charge in [0.25, 0.3) is 5.91 Å². The van der Waals surface area contributed by atoms with E-state index in [2.05, 4.69) is 10.3 Å². The molecule has 1 amide bonds. The van der Waals surface area contributed by atoms with Crippen LogP contribution in [0.25, 0.3) is 0 Å². The molecular weight excluding hydrogens is 315 g/mol. The van der Waals surface area contributed by atoms with E-state index >= 15 is 0 Å². The number of nitrogens with zero attached hydrogens (tertiary/aromatic N) is 1. The number of carbonyl (C=O) groups excluding carboxylic acids is 1. The molecule has 7 heteroatoms. The van der Waals surface area contributed by atoms with Gasteiger partial charge in [-0.1, -0.05) is 23.2 Å². The first kappa shape index (κ1) is 15.6. The number of anilines is 1. The average Bonchev–Trinajstić information content (AvgIpc) is 2.49. The van der Waals surface area contributed by atoms with Gasteiger partial charge >= 0.3 is 0 Å². The fourth-order valence-corrected chi connectivity index (χ4v) is 1.93. The van der Waals surface area contributed by atoms with E-state index in [0.29, 0.717) is 27.0 Å². The summed E-state index contributed by atoms with van der Waals surface area (Å²) in [5, 5.41) is 12.6. The first-order chi connectivity index (χ1) is 10.1. The van der Waals surface area contributed by atoms with Crippen molar-refractivity contribution in [2.45, 2.75) is 6.61 Å². The third-order valence-corrected chi connectivity index (χ3v) is 3.16. The highest BCUT2D eigenvalue weighted by molar-refractivity contribution is 6.34. The van der Waals surface area contributed by atoms with Crippen LogP contribution >= 0.6 is 23.2 Å². The maximum absolute atomic E-state index is 11.8. The molecule has 0 unspecified atom stereocenters. The number of benzene rings is 1. The molecule has 0 spiro atoms. The number of pyridine rings is 1. The molecule has 0 aliphatic rings. The number of aromatic nitrogens is 1. The number of aliphatic hydroxyl groups excluding tert-OH is 1. The smallest absolute Gasteiger partial charge is 0.262 e. The Hall–Kier alpha value is -1.82. The average molecular weight is 327 g/mol. The van der Waals surface area contributed by atoms with Crippen molar-refractivity contribution in [3.05, 3.63) is 52.3 Å². The van der Waals surface area contributed by atoms with Crippen molar-refractivity contribution >= 4 is 34.8 Å². The Morgan fingerprint density at radius 1 is 1.33 bits per heavy atom. The van der Waals surface area contributed by atoms with E-state index in [4.69, 9.17) is 33.0 Å². The van der Waals surface area contributed by atoms with Crippen LogP contribution in [0.5, 0.6) is 5.75 Å². The van der Waals surface area contributed by atoms with Crippen LogP contribution in [-0.4, -0.2) is 22.6 Å². The lowest BCUT2D eigenvalue weighted by molar-refractivity contribution is -0.118. The number of aliphatic hydroxyl groups is 1. The first-order valence-corrected chi connectivity index (χ1v) is 6.77. The maximum atomic E-state index is 11.8. The predicted octanol–water partition coefficient (Wildman–Crippen LogP) is 2.90. The van der Waals surface area contributed by atoms with Gasteiger partial charge in [0.1, 0.15) is 5.75 Å². The number of rotatable bonds is 5. The quantitative estimate of drug-likeness (QED) is 0.886. The van der Waals surface area contributed by atoms with Gasteiger partial charge in [-0.25, -0.2) is 0 Å². The lowest BCUT2D eigenvalue weighted by Crippen LogP contribution is -2.21. The van der Waals surface area contributed by atoms with Crippen LogP contribution in [0.1, 0.15) is 5.56 Å². The second-order valence-electron chi connectivity index (χ2n) is 4.10. The van der Waals surface area contributed by atoms with E-state index in [1.54, 1.807) is 18.2 Å². The number of hydrogen-bond acceptors (Lipinski definition) is 4. The Labute approximate surface area is 131 Å². The highest BCUT2D eigenvalue weighted by atomic mass is 35.5. The minimum atomic E-state index is -0.395. The molecule has 21 heavy (non-hydrogen) atoms. The van der Waals surface area contributed by atoms with Crippen LogP contribution in [0.4, 0.5) is 5.69 Å². The van der Waals surface area contributed by atoms with Gasteiger partial charge in [-0.15, -0.1) is 0 Å². The Balaban J connectivity index is 1.97. The predicted molar refractivity (Wildman–Crippen MR) is 80.7 cm³/mol. The Kier molecular flexibility index (Phi) is 5.38. The van der Waals surface area contributed by atoms with Crippen LogP contribution in [0, 0.1) is 0 Å². The zero-order chi connectivity index (χ0) is 15.2. The van der Waals surface area contributed by atoms with Gasteiger partial charge in [0.2, 0.25) is 0 Å². The van der Waals surface area contributed by atoms with E-state index in [1.165, 1.54) is 18.5 Å². The number of nitrogens with one attached hydrogen (secondary N) is 1. The molecule has 0 atom stereocenters. The molecule has 0 aliphatic carbocycles. The first-order valence-electron chi connectivity index (χ1n) is 6.01. The molecule has 0 fully saturated rings. The van der Waals surface area contributed by atoms with Gasteiger partial charge in [-0.2, -0.15) is 0 Å². The minimum Gasteiger partial charge on any atom is -0.482 e.